The van der Waals surface area contributed by atoms with Gasteiger partial charge >= 0.3 is 5.97 Å². The number of hydrogen-bond donors (Lipinski definition) is 1. The molecule has 1 aromatic heterocycles. The molecule has 1 heterocycles. The standard InChI is InChI=1S/C21H25N3O3/c1-27-19(26)20-7-14-6-15(8-20)10-21(9-14,12-20)23-18(25)11-24-13-22-16-4-2-3-5-17(16)24/h2-5,13-15H,6-12H2,1H3,(H,23,25)/t14-,15-,20?,21?/m0/s1. The molecule has 0 spiro atoms. The van der Waals surface area contributed by atoms with Crippen LogP contribution in [0.5, 0.6) is 0 Å². The van der Waals surface area contributed by atoms with E-state index < -0.39 is 5.41 Å². The van der Waals surface area contributed by atoms with Gasteiger partial charge in [-0.15, -0.1) is 0 Å². The van der Waals surface area contributed by atoms with Crippen molar-refractivity contribution >= 4 is 22.9 Å². The highest BCUT2D eigenvalue weighted by Crippen LogP contribution is 2.62. The Labute approximate surface area is 158 Å². The van der Waals surface area contributed by atoms with E-state index in [1.807, 2.05) is 28.8 Å². The molecular formula is C21H25N3O3. The maximum Gasteiger partial charge on any atom is 0.311 e. The Morgan fingerprint density at radius 2 is 1.96 bits per heavy atom. The number of nitrogens with zero attached hydrogens (tertiary/aromatic N) is 2. The maximum absolute atomic E-state index is 12.9. The predicted molar refractivity (Wildman–Crippen MR) is 99.7 cm³/mol. The largest absolute Gasteiger partial charge is 0.469 e. The van der Waals surface area contributed by atoms with Gasteiger partial charge in [-0.05, 0) is 62.5 Å². The lowest BCUT2D eigenvalue weighted by atomic mass is 9.47. The predicted octanol–water partition coefficient (Wildman–Crippen LogP) is 2.66. The summed E-state index contributed by atoms with van der Waals surface area (Å²) in [4.78, 5) is 29.8. The minimum atomic E-state index is -0.395. The maximum atomic E-state index is 12.9. The van der Waals surface area contributed by atoms with Crippen LogP contribution < -0.4 is 5.32 Å². The summed E-state index contributed by atoms with van der Waals surface area (Å²) in [7, 11) is 1.48. The molecule has 2 aromatic rings. The van der Waals surface area contributed by atoms with Crippen molar-refractivity contribution in [1.29, 1.82) is 0 Å². The zero-order chi connectivity index (χ0) is 18.6. The summed E-state index contributed by atoms with van der Waals surface area (Å²) in [6.45, 7) is 0.253. The average molecular weight is 367 g/mol. The molecule has 6 nitrogen and oxygen atoms in total. The second-order valence-corrected chi connectivity index (χ2v) is 8.92. The first kappa shape index (κ1) is 16.8. The monoisotopic (exact) mass is 367 g/mol. The molecule has 142 valence electrons. The minimum Gasteiger partial charge on any atom is -0.469 e. The Morgan fingerprint density at radius 1 is 1.22 bits per heavy atom. The molecule has 4 saturated carbocycles. The molecule has 0 radical (unpaired) electrons. The number of rotatable bonds is 4. The summed E-state index contributed by atoms with van der Waals surface area (Å²) < 4.78 is 7.04. The van der Waals surface area contributed by atoms with Crippen LogP contribution in [-0.2, 0) is 20.9 Å². The van der Waals surface area contributed by atoms with Crippen molar-refractivity contribution in [3.63, 3.8) is 0 Å². The van der Waals surface area contributed by atoms with E-state index >= 15 is 0 Å². The van der Waals surface area contributed by atoms with Crippen LogP contribution in [0.2, 0.25) is 0 Å². The van der Waals surface area contributed by atoms with Gasteiger partial charge < -0.3 is 14.6 Å². The van der Waals surface area contributed by atoms with Gasteiger partial charge in [-0.25, -0.2) is 4.98 Å². The van der Waals surface area contributed by atoms with Crippen LogP contribution in [0.25, 0.3) is 11.0 Å². The summed E-state index contributed by atoms with van der Waals surface area (Å²) in [5, 5.41) is 3.34. The van der Waals surface area contributed by atoms with E-state index in [1.165, 1.54) is 13.5 Å². The fourth-order valence-electron chi connectivity index (χ4n) is 6.49. The molecule has 0 saturated heterocycles. The number of carbonyl (C=O) groups is 2. The summed E-state index contributed by atoms with van der Waals surface area (Å²) in [5.74, 6) is 0.940. The van der Waals surface area contributed by atoms with Gasteiger partial charge in [0.15, 0.2) is 0 Å². The number of benzene rings is 1. The zero-order valence-corrected chi connectivity index (χ0v) is 15.6. The highest BCUT2D eigenvalue weighted by Gasteiger charge is 2.61. The van der Waals surface area contributed by atoms with Crippen molar-refractivity contribution in [2.45, 2.75) is 50.6 Å². The number of amides is 1. The van der Waals surface area contributed by atoms with Crippen molar-refractivity contribution in [3.8, 4) is 0 Å². The van der Waals surface area contributed by atoms with Crippen molar-refractivity contribution in [2.75, 3.05) is 7.11 Å². The van der Waals surface area contributed by atoms with Gasteiger partial charge in [-0.3, -0.25) is 9.59 Å². The van der Waals surface area contributed by atoms with E-state index in [4.69, 9.17) is 4.74 Å². The Morgan fingerprint density at radius 3 is 2.70 bits per heavy atom. The minimum absolute atomic E-state index is 0.000110. The number of ether oxygens (including phenoxy) is 1. The van der Waals surface area contributed by atoms with Crippen LogP contribution in [0.4, 0.5) is 0 Å². The molecule has 4 aliphatic carbocycles. The number of carbonyl (C=O) groups excluding carboxylic acids is 2. The van der Waals surface area contributed by atoms with Gasteiger partial charge in [0.25, 0.3) is 0 Å². The summed E-state index contributed by atoms with van der Waals surface area (Å²) >= 11 is 0. The lowest BCUT2D eigenvalue weighted by Gasteiger charge is -2.60. The number of fused-ring (bicyclic) bond motifs is 1. The van der Waals surface area contributed by atoms with Gasteiger partial charge in [-0.2, -0.15) is 0 Å². The molecule has 2 atom stereocenters. The Hall–Kier alpha value is -2.37. The molecule has 4 fully saturated rings. The Kier molecular flexibility index (Phi) is 3.61. The Balaban J connectivity index is 1.37. The summed E-state index contributed by atoms with van der Waals surface area (Å²) in [5.41, 5.74) is 1.20. The number of esters is 1. The van der Waals surface area contributed by atoms with Crippen molar-refractivity contribution < 1.29 is 14.3 Å². The fraction of sp³-hybridized carbons (Fsp3) is 0.571. The van der Waals surface area contributed by atoms with E-state index in [9.17, 15) is 9.59 Å². The van der Waals surface area contributed by atoms with Crippen molar-refractivity contribution in [1.82, 2.24) is 14.9 Å². The molecule has 1 amide bonds. The molecule has 1 aromatic carbocycles. The van der Waals surface area contributed by atoms with Gasteiger partial charge in [-0.1, -0.05) is 12.1 Å². The number of aromatic nitrogens is 2. The molecular weight excluding hydrogens is 342 g/mol. The third kappa shape index (κ3) is 2.65. The number of para-hydroxylation sites is 2. The van der Waals surface area contributed by atoms with Gasteiger partial charge in [0.1, 0.15) is 6.54 Å². The van der Waals surface area contributed by atoms with E-state index in [-0.39, 0.29) is 24.0 Å². The first-order valence-corrected chi connectivity index (χ1v) is 9.80. The second kappa shape index (κ2) is 5.81. The average Bonchev–Trinajstić information content (AvgIpc) is 3.02. The van der Waals surface area contributed by atoms with Crippen LogP contribution in [0, 0.1) is 17.3 Å². The smallest absolute Gasteiger partial charge is 0.311 e. The lowest BCUT2D eigenvalue weighted by Crippen LogP contribution is -2.65. The highest BCUT2D eigenvalue weighted by atomic mass is 16.5. The number of methoxy groups -OCH3 is 1. The van der Waals surface area contributed by atoms with Crippen molar-refractivity contribution in [3.05, 3.63) is 30.6 Å². The molecule has 1 N–H and O–H groups in total. The summed E-state index contributed by atoms with van der Waals surface area (Å²) in [6, 6.07) is 7.83. The van der Waals surface area contributed by atoms with E-state index in [2.05, 4.69) is 10.3 Å². The SMILES string of the molecule is COC(=O)C12C[C@@H]3C[C@H](CC(NC(=O)Cn4cnc5ccccc54)(C3)C1)C2. The third-order valence-corrected chi connectivity index (χ3v) is 6.93. The van der Waals surface area contributed by atoms with Crippen LogP contribution >= 0.6 is 0 Å². The highest BCUT2D eigenvalue weighted by molar-refractivity contribution is 5.82. The fourth-order valence-corrected chi connectivity index (χ4v) is 6.49. The van der Waals surface area contributed by atoms with Crippen molar-refractivity contribution in [2.24, 2.45) is 17.3 Å². The number of imidazole rings is 1. The van der Waals surface area contributed by atoms with Gasteiger partial charge in [0.05, 0.1) is 29.9 Å². The molecule has 6 rings (SSSR count). The molecule has 4 aliphatic rings. The van der Waals surface area contributed by atoms with Crippen LogP contribution in [0.15, 0.2) is 30.6 Å². The molecule has 0 aliphatic heterocycles. The number of nitrogens with one attached hydrogen (secondary N) is 1. The zero-order valence-electron chi connectivity index (χ0n) is 15.6. The van der Waals surface area contributed by atoms with E-state index in [0.717, 1.165) is 43.1 Å². The van der Waals surface area contributed by atoms with Crippen LogP contribution in [0.3, 0.4) is 0 Å². The Bertz CT molecular complexity index is 904. The van der Waals surface area contributed by atoms with Crippen LogP contribution in [0.1, 0.15) is 38.5 Å². The molecule has 0 unspecified atom stereocenters. The molecule has 4 bridgehead atoms. The molecule has 6 heteroatoms. The summed E-state index contributed by atoms with van der Waals surface area (Å²) in [6.07, 6.45) is 7.43. The topological polar surface area (TPSA) is 73.2 Å². The lowest BCUT2D eigenvalue weighted by molar-refractivity contribution is -0.173. The van der Waals surface area contributed by atoms with E-state index in [1.54, 1.807) is 6.33 Å². The second-order valence-electron chi connectivity index (χ2n) is 8.92. The van der Waals surface area contributed by atoms with E-state index in [0.29, 0.717) is 11.8 Å². The third-order valence-electron chi connectivity index (χ3n) is 6.93. The van der Waals surface area contributed by atoms with Crippen LogP contribution in [-0.4, -0.2) is 34.1 Å². The first-order valence-electron chi connectivity index (χ1n) is 9.80. The number of hydrogen-bond acceptors (Lipinski definition) is 4. The first-order chi connectivity index (χ1) is 13.0. The van der Waals surface area contributed by atoms with Gasteiger partial charge in [0.2, 0.25) is 5.91 Å². The quantitative estimate of drug-likeness (QED) is 0.843. The normalized spacial score (nSPS) is 34.0. The van der Waals surface area contributed by atoms with Gasteiger partial charge in [0, 0.05) is 5.54 Å². The molecule has 27 heavy (non-hydrogen) atoms.